The molecule has 2 aromatic rings. The highest BCUT2D eigenvalue weighted by Gasteiger charge is 2.28. The number of aromatic nitrogens is 2. The molecule has 3 rings (SSSR count). The maximum Gasteiger partial charge on any atom is 0.321 e. The maximum atomic E-state index is 11.4. The molecule has 1 amide bonds. The lowest BCUT2D eigenvalue weighted by atomic mass is 10.2. The zero-order valence-corrected chi connectivity index (χ0v) is 12.1. The Labute approximate surface area is 126 Å². The fraction of sp³-hybridized carbons (Fsp3) is 0.357. The molecule has 1 aromatic carbocycles. The van der Waals surface area contributed by atoms with Crippen LogP contribution in [0.25, 0.3) is 11.4 Å². The molecule has 0 atom stereocenters. The van der Waals surface area contributed by atoms with Crippen molar-refractivity contribution >= 4 is 23.5 Å². The van der Waals surface area contributed by atoms with Gasteiger partial charge in [0.1, 0.15) is 0 Å². The Hall–Kier alpha value is -2.08. The predicted molar refractivity (Wildman–Crippen MR) is 79.0 cm³/mol. The summed E-state index contributed by atoms with van der Waals surface area (Å²) < 4.78 is 5.10. The van der Waals surface area contributed by atoms with Gasteiger partial charge in [0.05, 0.1) is 0 Å². The summed E-state index contributed by atoms with van der Waals surface area (Å²) in [4.78, 5) is 15.7. The van der Waals surface area contributed by atoms with Crippen molar-refractivity contribution in [1.82, 2.24) is 15.5 Å². The first kappa shape index (κ1) is 13.9. The molecule has 6 nitrogen and oxygen atoms in total. The third-order valence-electron chi connectivity index (χ3n) is 3.16. The van der Waals surface area contributed by atoms with Gasteiger partial charge in [-0.05, 0) is 25.0 Å². The van der Waals surface area contributed by atoms with Gasteiger partial charge in [-0.3, -0.25) is 4.79 Å². The molecule has 1 aromatic heterocycles. The highest BCUT2D eigenvalue weighted by Crippen LogP contribution is 2.28. The van der Waals surface area contributed by atoms with E-state index in [1.54, 1.807) is 12.1 Å². The Morgan fingerprint density at radius 3 is 3.00 bits per heavy atom. The summed E-state index contributed by atoms with van der Waals surface area (Å²) >= 11 is 5.92. The summed E-state index contributed by atoms with van der Waals surface area (Å²) in [6, 6.07) is 7.56. The van der Waals surface area contributed by atoms with Crippen LogP contribution >= 0.6 is 11.6 Å². The minimum Gasteiger partial charge on any atom is -0.354 e. The molecule has 0 aliphatic heterocycles. The van der Waals surface area contributed by atoms with Crippen molar-refractivity contribution in [3.63, 3.8) is 0 Å². The van der Waals surface area contributed by atoms with Crippen molar-refractivity contribution in [3.8, 4) is 11.4 Å². The largest absolute Gasteiger partial charge is 0.354 e. The first-order valence-corrected chi connectivity index (χ1v) is 7.21. The zero-order valence-electron chi connectivity index (χ0n) is 11.3. The van der Waals surface area contributed by atoms with Crippen LogP contribution in [0.5, 0.6) is 0 Å². The Morgan fingerprint density at radius 1 is 1.38 bits per heavy atom. The van der Waals surface area contributed by atoms with Gasteiger partial charge in [0, 0.05) is 29.6 Å². The average molecular weight is 307 g/mol. The van der Waals surface area contributed by atoms with Gasteiger partial charge in [0.15, 0.2) is 0 Å². The van der Waals surface area contributed by atoms with Crippen molar-refractivity contribution < 1.29 is 9.32 Å². The van der Waals surface area contributed by atoms with Gasteiger partial charge in [-0.2, -0.15) is 4.98 Å². The van der Waals surface area contributed by atoms with E-state index in [1.807, 2.05) is 12.1 Å². The molecule has 1 aliphatic carbocycles. The number of halogens is 1. The fourth-order valence-corrected chi connectivity index (χ4v) is 2.08. The lowest BCUT2D eigenvalue weighted by molar-refractivity contribution is -0.122. The minimum atomic E-state index is 0.127. The van der Waals surface area contributed by atoms with Gasteiger partial charge in [0.2, 0.25) is 11.7 Å². The summed E-state index contributed by atoms with van der Waals surface area (Å²) in [7, 11) is 0. The normalized spacial score (nSPS) is 14.0. The molecular formula is C14H15ClN4O2. The van der Waals surface area contributed by atoms with Crippen molar-refractivity contribution in [2.45, 2.75) is 12.8 Å². The van der Waals surface area contributed by atoms with E-state index in [0.29, 0.717) is 30.0 Å². The maximum absolute atomic E-state index is 11.4. The number of carbonyl (C=O) groups is 1. The molecule has 1 saturated carbocycles. The minimum absolute atomic E-state index is 0.127. The number of rotatable bonds is 6. The average Bonchev–Trinajstić information content (AvgIpc) is 3.22. The number of carbonyl (C=O) groups excluding carboxylic acids is 1. The van der Waals surface area contributed by atoms with Crippen molar-refractivity contribution in [1.29, 1.82) is 0 Å². The van der Waals surface area contributed by atoms with Crippen LogP contribution in [0, 0.1) is 5.92 Å². The molecule has 0 radical (unpaired) electrons. The fourth-order valence-electron chi connectivity index (χ4n) is 1.89. The van der Waals surface area contributed by atoms with Gasteiger partial charge in [-0.25, -0.2) is 0 Å². The molecule has 1 heterocycles. The second kappa shape index (κ2) is 6.13. The molecule has 2 N–H and O–H groups in total. The number of benzene rings is 1. The van der Waals surface area contributed by atoms with Crippen LogP contribution in [0.4, 0.5) is 6.01 Å². The second-order valence-corrected chi connectivity index (χ2v) is 5.36. The second-order valence-electron chi connectivity index (χ2n) is 4.93. The third-order valence-corrected chi connectivity index (χ3v) is 3.39. The summed E-state index contributed by atoms with van der Waals surface area (Å²) in [5.74, 6) is 0.826. The molecule has 110 valence electrons. The smallest absolute Gasteiger partial charge is 0.321 e. The molecule has 0 saturated heterocycles. The SMILES string of the molecule is O=C(NCCNc1nc(-c2cccc(Cl)c2)no1)C1CC1. The zero-order chi connectivity index (χ0) is 14.7. The monoisotopic (exact) mass is 306 g/mol. The Kier molecular flexibility index (Phi) is 4.06. The first-order valence-electron chi connectivity index (χ1n) is 6.83. The van der Waals surface area contributed by atoms with E-state index in [2.05, 4.69) is 20.8 Å². The Morgan fingerprint density at radius 2 is 2.24 bits per heavy atom. The molecule has 21 heavy (non-hydrogen) atoms. The molecule has 0 unspecified atom stereocenters. The summed E-state index contributed by atoms with van der Waals surface area (Å²) in [6.45, 7) is 1.07. The lowest BCUT2D eigenvalue weighted by Crippen LogP contribution is -2.29. The van der Waals surface area contributed by atoms with Gasteiger partial charge < -0.3 is 15.2 Å². The topological polar surface area (TPSA) is 80.0 Å². The number of hydrogen-bond donors (Lipinski definition) is 2. The van der Waals surface area contributed by atoms with E-state index in [-0.39, 0.29) is 11.8 Å². The van der Waals surface area contributed by atoms with E-state index in [9.17, 15) is 4.79 Å². The number of hydrogen-bond acceptors (Lipinski definition) is 5. The summed E-state index contributed by atoms with van der Waals surface area (Å²) in [5, 5.41) is 10.3. The molecule has 0 bridgehead atoms. The van der Waals surface area contributed by atoms with Crippen LogP contribution in [-0.4, -0.2) is 29.1 Å². The Bertz CT molecular complexity index is 639. The van der Waals surface area contributed by atoms with E-state index < -0.39 is 0 Å². The standard InChI is InChI=1S/C14H15ClN4O2/c15-11-3-1-2-10(8-11)12-18-14(21-19-12)17-7-6-16-13(20)9-4-5-9/h1-3,8-9H,4-7H2,(H,16,20)(H,17,18,19). The number of nitrogens with one attached hydrogen (secondary N) is 2. The molecule has 7 heteroatoms. The number of nitrogens with zero attached hydrogens (tertiary/aromatic N) is 2. The Balaban J connectivity index is 1.49. The van der Waals surface area contributed by atoms with E-state index in [0.717, 1.165) is 18.4 Å². The molecule has 0 spiro atoms. The highest BCUT2D eigenvalue weighted by molar-refractivity contribution is 6.30. The number of amides is 1. The lowest BCUT2D eigenvalue weighted by Gasteiger charge is -2.03. The highest BCUT2D eigenvalue weighted by atomic mass is 35.5. The van der Waals surface area contributed by atoms with E-state index >= 15 is 0 Å². The van der Waals surface area contributed by atoms with Crippen molar-refractivity contribution in [2.24, 2.45) is 5.92 Å². The van der Waals surface area contributed by atoms with Crippen LogP contribution in [0.15, 0.2) is 28.8 Å². The molecule has 1 aliphatic rings. The van der Waals surface area contributed by atoms with Crippen LogP contribution in [0.3, 0.4) is 0 Å². The molecule has 1 fully saturated rings. The first-order chi connectivity index (χ1) is 10.2. The van der Waals surface area contributed by atoms with Crippen LogP contribution in [-0.2, 0) is 4.79 Å². The van der Waals surface area contributed by atoms with Gasteiger partial charge in [0.25, 0.3) is 0 Å². The van der Waals surface area contributed by atoms with Crippen molar-refractivity contribution in [3.05, 3.63) is 29.3 Å². The predicted octanol–water partition coefficient (Wildman–Crippen LogP) is 2.33. The van der Waals surface area contributed by atoms with Gasteiger partial charge >= 0.3 is 6.01 Å². The van der Waals surface area contributed by atoms with E-state index in [1.165, 1.54) is 0 Å². The van der Waals surface area contributed by atoms with Crippen molar-refractivity contribution in [2.75, 3.05) is 18.4 Å². The number of anilines is 1. The van der Waals surface area contributed by atoms with Gasteiger partial charge in [-0.1, -0.05) is 28.9 Å². The van der Waals surface area contributed by atoms with Crippen LogP contribution < -0.4 is 10.6 Å². The van der Waals surface area contributed by atoms with Gasteiger partial charge in [-0.15, -0.1) is 0 Å². The van der Waals surface area contributed by atoms with E-state index in [4.69, 9.17) is 16.1 Å². The third kappa shape index (κ3) is 3.72. The van der Waals surface area contributed by atoms with Crippen LogP contribution in [0.2, 0.25) is 5.02 Å². The summed E-state index contributed by atoms with van der Waals surface area (Å²) in [5.41, 5.74) is 0.793. The molecular weight excluding hydrogens is 292 g/mol. The quantitative estimate of drug-likeness (QED) is 0.801. The van der Waals surface area contributed by atoms with Crippen LogP contribution in [0.1, 0.15) is 12.8 Å². The summed E-state index contributed by atoms with van der Waals surface area (Å²) in [6.07, 6.45) is 2.01.